The van der Waals surface area contributed by atoms with Crippen molar-refractivity contribution in [1.82, 2.24) is 24.7 Å². The summed E-state index contributed by atoms with van der Waals surface area (Å²) in [6.07, 6.45) is 0. The standard InChI is InChI=1S/C22H25ClN8/c1-13-10-14(2)31(28-13)20-11-19(26-17(5)27-20)29-6-8-30(9-7-29)22-18(12-24)15(3)21(23)16(4)25-22/h10-11H,6-9H2,1-5H3. The number of aromatic nitrogens is 5. The maximum Gasteiger partial charge on any atom is 0.159 e. The molecular formula is C22H25ClN8. The Morgan fingerprint density at radius 3 is 2.16 bits per heavy atom. The van der Waals surface area contributed by atoms with Gasteiger partial charge in [-0.25, -0.2) is 19.6 Å². The van der Waals surface area contributed by atoms with E-state index in [1.165, 1.54) is 0 Å². The number of aryl methyl sites for hydroxylation is 4. The lowest BCUT2D eigenvalue weighted by Gasteiger charge is -2.36. The van der Waals surface area contributed by atoms with Gasteiger partial charge in [0.1, 0.15) is 23.5 Å². The molecule has 0 bridgehead atoms. The first kappa shape index (κ1) is 21.1. The van der Waals surface area contributed by atoms with Crippen LogP contribution in [0.1, 0.15) is 34.0 Å². The molecule has 0 amide bonds. The Morgan fingerprint density at radius 2 is 1.55 bits per heavy atom. The van der Waals surface area contributed by atoms with Crippen LogP contribution in [0.15, 0.2) is 12.1 Å². The largest absolute Gasteiger partial charge is 0.353 e. The molecule has 9 heteroatoms. The van der Waals surface area contributed by atoms with E-state index in [1.807, 2.05) is 51.4 Å². The number of halogens is 1. The fourth-order valence-corrected chi connectivity index (χ4v) is 4.13. The molecule has 0 radical (unpaired) electrons. The molecule has 0 unspecified atom stereocenters. The summed E-state index contributed by atoms with van der Waals surface area (Å²) in [5.74, 6) is 3.07. The van der Waals surface area contributed by atoms with E-state index in [9.17, 15) is 5.26 Å². The van der Waals surface area contributed by atoms with Crippen molar-refractivity contribution in [2.45, 2.75) is 34.6 Å². The second-order valence-corrected chi connectivity index (χ2v) is 8.27. The first-order valence-corrected chi connectivity index (χ1v) is 10.6. The Morgan fingerprint density at radius 1 is 0.903 bits per heavy atom. The molecule has 3 aromatic heterocycles. The van der Waals surface area contributed by atoms with E-state index in [0.717, 1.165) is 60.5 Å². The smallest absolute Gasteiger partial charge is 0.159 e. The summed E-state index contributed by atoms with van der Waals surface area (Å²) in [4.78, 5) is 18.3. The van der Waals surface area contributed by atoms with Crippen LogP contribution in [0.2, 0.25) is 5.02 Å². The second kappa shape index (κ2) is 8.16. The molecule has 0 atom stereocenters. The molecule has 31 heavy (non-hydrogen) atoms. The summed E-state index contributed by atoms with van der Waals surface area (Å²) in [5.41, 5.74) is 4.08. The number of nitrogens with zero attached hydrogens (tertiary/aromatic N) is 8. The molecule has 1 aliphatic rings. The zero-order chi connectivity index (χ0) is 22.3. The van der Waals surface area contributed by atoms with Crippen molar-refractivity contribution < 1.29 is 0 Å². The van der Waals surface area contributed by atoms with Crippen LogP contribution >= 0.6 is 11.6 Å². The predicted molar refractivity (Wildman–Crippen MR) is 121 cm³/mol. The summed E-state index contributed by atoms with van der Waals surface area (Å²) in [6.45, 7) is 12.6. The molecular weight excluding hydrogens is 412 g/mol. The van der Waals surface area contributed by atoms with Crippen LogP contribution in [0, 0.1) is 45.9 Å². The van der Waals surface area contributed by atoms with E-state index in [1.54, 1.807) is 0 Å². The van der Waals surface area contributed by atoms with Gasteiger partial charge in [0.15, 0.2) is 5.82 Å². The van der Waals surface area contributed by atoms with Crippen LogP contribution in [0.4, 0.5) is 11.6 Å². The Balaban J connectivity index is 1.58. The van der Waals surface area contributed by atoms with Crippen molar-refractivity contribution in [3.63, 3.8) is 0 Å². The second-order valence-electron chi connectivity index (χ2n) is 7.89. The summed E-state index contributed by atoms with van der Waals surface area (Å²) < 4.78 is 1.85. The third kappa shape index (κ3) is 3.93. The topological polar surface area (TPSA) is 86.8 Å². The van der Waals surface area contributed by atoms with Gasteiger partial charge in [-0.15, -0.1) is 0 Å². The van der Waals surface area contributed by atoms with Crippen LogP contribution in [-0.2, 0) is 0 Å². The van der Waals surface area contributed by atoms with Crippen LogP contribution in [-0.4, -0.2) is 50.9 Å². The highest BCUT2D eigenvalue weighted by Gasteiger charge is 2.24. The van der Waals surface area contributed by atoms with Crippen molar-refractivity contribution in [3.8, 4) is 11.9 Å². The van der Waals surface area contributed by atoms with E-state index in [0.29, 0.717) is 22.2 Å². The van der Waals surface area contributed by atoms with Gasteiger partial charge in [0.2, 0.25) is 0 Å². The zero-order valence-electron chi connectivity index (χ0n) is 18.4. The van der Waals surface area contributed by atoms with Gasteiger partial charge in [0.05, 0.1) is 22.0 Å². The Labute approximate surface area is 187 Å². The molecule has 0 saturated carbocycles. The van der Waals surface area contributed by atoms with Gasteiger partial charge in [-0.2, -0.15) is 10.4 Å². The summed E-state index contributed by atoms with van der Waals surface area (Å²) in [7, 11) is 0. The monoisotopic (exact) mass is 436 g/mol. The third-order valence-corrected chi connectivity index (χ3v) is 6.13. The third-order valence-electron chi connectivity index (χ3n) is 5.57. The predicted octanol–water partition coefficient (Wildman–Crippen LogP) is 3.45. The van der Waals surface area contributed by atoms with Gasteiger partial charge in [-0.3, -0.25) is 0 Å². The maximum atomic E-state index is 9.66. The highest BCUT2D eigenvalue weighted by molar-refractivity contribution is 6.32. The highest BCUT2D eigenvalue weighted by Crippen LogP contribution is 2.30. The van der Waals surface area contributed by atoms with Crippen molar-refractivity contribution in [2.75, 3.05) is 36.0 Å². The number of nitriles is 1. The van der Waals surface area contributed by atoms with Gasteiger partial charge in [-0.05, 0) is 46.2 Å². The lowest BCUT2D eigenvalue weighted by molar-refractivity contribution is 0.637. The average Bonchev–Trinajstić information content (AvgIpc) is 3.09. The lowest BCUT2D eigenvalue weighted by atomic mass is 10.1. The molecule has 0 aromatic carbocycles. The van der Waals surface area contributed by atoms with Gasteiger partial charge < -0.3 is 9.80 Å². The Kier molecular flexibility index (Phi) is 5.54. The van der Waals surface area contributed by atoms with E-state index < -0.39 is 0 Å². The first-order chi connectivity index (χ1) is 14.8. The molecule has 0 N–H and O–H groups in total. The highest BCUT2D eigenvalue weighted by atomic mass is 35.5. The number of rotatable bonds is 3. The quantitative estimate of drug-likeness (QED) is 0.621. The van der Waals surface area contributed by atoms with Crippen molar-refractivity contribution in [2.24, 2.45) is 0 Å². The van der Waals surface area contributed by atoms with Gasteiger partial charge >= 0.3 is 0 Å². The minimum atomic E-state index is 0.550. The summed E-state index contributed by atoms with van der Waals surface area (Å²) in [5, 5.41) is 14.8. The molecule has 0 aliphatic carbocycles. The normalized spacial score (nSPS) is 14.1. The van der Waals surface area contributed by atoms with Crippen molar-refractivity contribution in [3.05, 3.63) is 51.2 Å². The average molecular weight is 437 g/mol. The maximum absolute atomic E-state index is 9.66. The molecule has 0 spiro atoms. The SMILES string of the molecule is Cc1cc(C)n(-c2cc(N3CCN(c4nc(C)c(Cl)c(C)c4C#N)CC3)nc(C)n2)n1. The van der Waals surface area contributed by atoms with Crippen molar-refractivity contribution in [1.29, 1.82) is 5.26 Å². The first-order valence-electron chi connectivity index (χ1n) is 10.2. The van der Waals surface area contributed by atoms with Gasteiger partial charge in [0.25, 0.3) is 0 Å². The molecule has 1 saturated heterocycles. The number of pyridine rings is 1. The molecule has 1 aliphatic heterocycles. The molecule has 4 heterocycles. The number of hydrogen-bond acceptors (Lipinski definition) is 7. The van der Waals surface area contributed by atoms with Gasteiger partial charge in [0, 0.05) is 37.9 Å². The van der Waals surface area contributed by atoms with E-state index in [4.69, 9.17) is 11.6 Å². The van der Waals surface area contributed by atoms with E-state index >= 15 is 0 Å². The molecule has 1 fully saturated rings. The minimum absolute atomic E-state index is 0.550. The fourth-order valence-electron chi connectivity index (χ4n) is 3.99. The van der Waals surface area contributed by atoms with E-state index in [2.05, 4.69) is 35.9 Å². The molecule has 160 valence electrons. The molecule has 4 rings (SSSR count). The zero-order valence-corrected chi connectivity index (χ0v) is 19.2. The van der Waals surface area contributed by atoms with Crippen molar-refractivity contribution >= 4 is 23.2 Å². The summed E-state index contributed by atoms with van der Waals surface area (Å²) >= 11 is 6.31. The minimum Gasteiger partial charge on any atom is -0.353 e. The number of anilines is 2. The lowest BCUT2D eigenvalue weighted by Crippen LogP contribution is -2.47. The summed E-state index contributed by atoms with van der Waals surface area (Å²) in [6, 6.07) is 6.30. The van der Waals surface area contributed by atoms with Crippen LogP contribution in [0.25, 0.3) is 5.82 Å². The Hall–Kier alpha value is -3.18. The Bertz CT molecular complexity index is 1190. The molecule has 8 nitrogen and oxygen atoms in total. The number of hydrogen-bond donors (Lipinski definition) is 0. The number of piperazine rings is 1. The van der Waals surface area contributed by atoms with Crippen LogP contribution in [0.5, 0.6) is 0 Å². The van der Waals surface area contributed by atoms with Crippen LogP contribution in [0.3, 0.4) is 0 Å². The van der Waals surface area contributed by atoms with Crippen LogP contribution < -0.4 is 9.80 Å². The fraction of sp³-hybridized carbons (Fsp3) is 0.409. The molecule has 3 aromatic rings. The van der Waals surface area contributed by atoms with Gasteiger partial charge in [-0.1, -0.05) is 11.6 Å². The van der Waals surface area contributed by atoms with E-state index in [-0.39, 0.29) is 0 Å².